The summed E-state index contributed by atoms with van der Waals surface area (Å²) < 4.78 is 10.1. The lowest BCUT2D eigenvalue weighted by Gasteiger charge is -2.08. The minimum Gasteiger partial charge on any atom is -0.394 e. The van der Waals surface area contributed by atoms with E-state index in [4.69, 9.17) is 19.7 Å². The van der Waals surface area contributed by atoms with Crippen molar-refractivity contribution in [2.45, 2.75) is 56.4 Å². The number of hydrogen-bond acceptors (Lipinski definition) is 4. The molecular formula is C13H38O4. The number of aliphatic hydroxyl groups excluding tert-OH is 2. The van der Waals surface area contributed by atoms with E-state index in [0.717, 1.165) is 13.2 Å². The molecule has 114 valence electrons. The average molecular weight is 258 g/mol. The molecule has 1 heterocycles. The van der Waals surface area contributed by atoms with Crippen LogP contribution < -0.4 is 0 Å². The molecule has 0 aromatic heterocycles. The summed E-state index contributed by atoms with van der Waals surface area (Å²) in [5, 5.41) is 15.2. The fourth-order valence-electron chi connectivity index (χ4n) is 0.762. The molecular weight excluding hydrogens is 220 g/mol. The Morgan fingerprint density at radius 1 is 0.647 bits per heavy atom. The highest BCUT2D eigenvalue weighted by Crippen LogP contribution is 1.99. The van der Waals surface area contributed by atoms with Crippen molar-refractivity contribution in [3.63, 3.8) is 0 Å². The van der Waals surface area contributed by atoms with Gasteiger partial charge in [-0.1, -0.05) is 37.1 Å². The van der Waals surface area contributed by atoms with Crippen molar-refractivity contribution in [3.05, 3.63) is 0 Å². The minimum atomic E-state index is -0.125. The normalized spacial score (nSPS) is 13.1. The van der Waals surface area contributed by atoms with Crippen molar-refractivity contribution in [2.24, 2.45) is 0 Å². The lowest BCUT2D eigenvalue weighted by atomic mass is 10.2. The van der Waals surface area contributed by atoms with E-state index in [1.165, 1.54) is 19.3 Å². The van der Waals surface area contributed by atoms with Crippen LogP contribution in [0.25, 0.3) is 0 Å². The van der Waals surface area contributed by atoms with Gasteiger partial charge in [-0.2, -0.15) is 0 Å². The highest BCUT2D eigenvalue weighted by molar-refractivity contribution is 4.41. The van der Waals surface area contributed by atoms with Gasteiger partial charge in [0.1, 0.15) is 6.79 Å². The quantitative estimate of drug-likeness (QED) is 0.757. The van der Waals surface area contributed by atoms with Crippen molar-refractivity contribution in [3.8, 4) is 0 Å². The van der Waals surface area contributed by atoms with Gasteiger partial charge in [-0.15, -0.1) is 0 Å². The predicted molar refractivity (Wildman–Crippen MR) is 78.4 cm³/mol. The molecule has 1 aliphatic rings. The zero-order valence-corrected chi connectivity index (χ0v) is 7.37. The number of aliphatic hydroxyl groups is 2. The maximum absolute atomic E-state index is 7.62. The Bertz CT molecular complexity index is 53.8. The zero-order chi connectivity index (χ0) is 9.07. The van der Waals surface area contributed by atoms with Gasteiger partial charge in [0.2, 0.25) is 0 Å². The Hall–Kier alpha value is -0.160. The summed E-state index contributed by atoms with van der Waals surface area (Å²) in [5.74, 6) is 0. The zero-order valence-electron chi connectivity index (χ0n) is 7.37. The van der Waals surface area contributed by atoms with Gasteiger partial charge in [-0.05, 0) is 19.3 Å². The molecule has 0 saturated carbocycles. The molecule has 0 atom stereocenters. The van der Waals surface area contributed by atoms with Crippen LogP contribution in [0.5, 0.6) is 0 Å². The van der Waals surface area contributed by atoms with E-state index in [1.807, 2.05) is 0 Å². The molecule has 0 bridgehead atoms. The molecule has 0 unspecified atom stereocenters. The Balaban J connectivity index is -0.0000000308. The maximum Gasteiger partial charge on any atom is 0.146 e. The van der Waals surface area contributed by atoms with E-state index < -0.39 is 0 Å². The third kappa shape index (κ3) is 38.8. The summed E-state index contributed by atoms with van der Waals surface area (Å²) in [5.41, 5.74) is 0. The van der Waals surface area contributed by atoms with Crippen molar-refractivity contribution >= 4 is 0 Å². The smallest absolute Gasteiger partial charge is 0.146 e. The number of hydrogen-bond donors (Lipinski definition) is 2. The molecule has 0 spiro atoms. The average Bonchev–Trinajstić information content (AvgIpc) is 2.04. The second-order valence-corrected chi connectivity index (χ2v) is 2.44. The Morgan fingerprint density at radius 3 is 1.29 bits per heavy atom. The van der Waals surface area contributed by atoms with Gasteiger partial charge in [-0.25, -0.2) is 0 Å². The monoisotopic (exact) mass is 258 g/mol. The Kier molecular flexibility index (Phi) is 76.2. The van der Waals surface area contributed by atoms with E-state index in [0.29, 0.717) is 6.79 Å². The van der Waals surface area contributed by atoms with Crippen molar-refractivity contribution in [2.75, 3.05) is 33.2 Å². The number of ether oxygens (including phenoxy) is 2. The first kappa shape index (κ1) is 36.0. The SMILES string of the molecule is C.C.C.C.C.C1CCOCOCC1.OCCO. The van der Waals surface area contributed by atoms with Crippen LogP contribution in [-0.2, 0) is 9.47 Å². The van der Waals surface area contributed by atoms with E-state index >= 15 is 0 Å². The van der Waals surface area contributed by atoms with Gasteiger partial charge in [-0.3, -0.25) is 0 Å². The van der Waals surface area contributed by atoms with Gasteiger partial charge >= 0.3 is 0 Å². The summed E-state index contributed by atoms with van der Waals surface area (Å²) in [6, 6.07) is 0. The maximum atomic E-state index is 7.62. The molecule has 4 nitrogen and oxygen atoms in total. The lowest BCUT2D eigenvalue weighted by molar-refractivity contribution is -0.0657. The second kappa shape index (κ2) is 36.0. The Labute approximate surface area is 110 Å². The molecule has 1 fully saturated rings. The topological polar surface area (TPSA) is 58.9 Å². The van der Waals surface area contributed by atoms with Gasteiger partial charge in [0.25, 0.3) is 0 Å². The molecule has 0 radical (unpaired) electrons. The minimum absolute atomic E-state index is 0. The standard InChI is InChI=1S/C6H12O2.C2H6O2.5CH4/c1-2-4-7-6-8-5-3-1;3-1-2-4;;;;;/h1-6H2;3-4H,1-2H2;5*1H4. The highest BCUT2D eigenvalue weighted by atomic mass is 16.7. The first-order chi connectivity index (χ1) is 5.91. The first-order valence-electron chi connectivity index (χ1n) is 4.29. The fraction of sp³-hybridized carbons (Fsp3) is 1.00. The van der Waals surface area contributed by atoms with Gasteiger partial charge in [0.05, 0.1) is 13.2 Å². The molecule has 1 aliphatic heterocycles. The second-order valence-electron chi connectivity index (χ2n) is 2.44. The summed E-state index contributed by atoms with van der Waals surface area (Å²) in [4.78, 5) is 0. The fourth-order valence-corrected chi connectivity index (χ4v) is 0.762. The summed E-state index contributed by atoms with van der Waals surface area (Å²) in [6.07, 6.45) is 3.65. The van der Waals surface area contributed by atoms with Crippen LogP contribution in [0.3, 0.4) is 0 Å². The highest BCUT2D eigenvalue weighted by Gasteiger charge is 1.94. The Morgan fingerprint density at radius 2 is 1.00 bits per heavy atom. The van der Waals surface area contributed by atoms with Crippen molar-refractivity contribution in [1.82, 2.24) is 0 Å². The van der Waals surface area contributed by atoms with Gasteiger partial charge in [0.15, 0.2) is 0 Å². The van der Waals surface area contributed by atoms with Crippen LogP contribution in [0.4, 0.5) is 0 Å². The largest absolute Gasteiger partial charge is 0.394 e. The van der Waals surface area contributed by atoms with E-state index in [2.05, 4.69) is 0 Å². The van der Waals surface area contributed by atoms with Crippen LogP contribution >= 0.6 is 0 Å². The van der Waals surface area contributed by atoms with Crippen molar-refractivity contribution in [1.29, 1.82) is 0 Å². The van der Waals surface area contributed by atoms with Crippen LogP contribution in [-0.4, -0.2) is 43.4 Å². The summed E-state index contributed by atoms with van der Waals surface area (Å²) in [7, 11) is 0. The third-order valence-corrected chi connectivity index (χ3v) is 1.34. The predicted octanol–water partition coefficient (Wildman–Crippen LogP) is 3.31. The number of rotatable bonds is 1. The molecule has 1 saturated heterocycles. The summed E-state index contributed by atoms with van der Waals surface area (Å²) in [6.45, 7) is 2.00. The van der Waals surface area contributed by atoms with Gasteiger partial charge < -0.3 is 19.7 Å². The lowest BCUT2D eigenvalue weighted by Crippen LogP contribution is -2.06. The van der Waals surface area contributed by atoms with Gasteiger partial charge in [0, 0.05) is 13.2 Å². The molecule has 1 rings (SSSR count). The van der Waals surface area contributed by atoms with E-state index in [-0.39, 0.29) is 50.3 Å². The molecule has 0 aromatic carbocycles. The molecule has 0 amide bonds. The molecule has 4 heteroatoms. The molecule has 0 aromatic rings. The van der Waals surface area contributed by atoms with Crippen LogP contribution in [0.1, 0.15) is 56.4 Å². The molecule has 17 heavy (non-hydrogen) atoms. The molecule has 2 N–H and O–H groups in total. The third-order valence-electron chi connectivity index (χ3n) is 1.34. The van der Waals surface area contributed by atoms with Crippen LogP contribution in [0, 0.1) is 0 Å². The van der Waals surface area contributed by atoms with Crippen LogP contribution in [0.2, 0.25) is 0 Å². The van der Waals surface area contributed by atoms with Crippen molar-refractivity contribution < 1.29 is 19.7 Å². The van der Waals surface area contributed by atoms with E-state index in [9.17, 15) is 0 Å². The molecule has 0 aliphatic carbocycles. The van der Waals surface area contributed by atoms with E-state index in [1.54, 1.807) is 0 Å². The first-order valence-corrected chi connectivity index (χ1v) is 4.29. The van der Waals surface area contributed by atoms with Crippen LogP contribution in [0.15, 0.2) is 0 Å². The summed E-state index contributed by atoms with van der Waals surface area (Å²) >= 11 is 0.